The summed E-state index contributed by atoms with van der Waals surface area (Å²) in [6.45, 7) is 1.86. The van der Waals surface area contributed by atoms with Gasteiger partial charge >= 0.3 is 0 Å². The van der Waals surface area contributed by atoms with E-state index in [4.69, 9.17) is 16.0 Å². The zero-order valence-electron chi connectivity index (χ0n) is 17.3. The zero-order valence-corrected chi connectivity index (χ0v) is 18.1. The molecule has 0 unspecified atom stereocenters. The Morgan fingerprint density at radius 3 is 2.61 bits per heavy atom. The molecule has 1 aromatic heterocycles. The molecule has 0 spiro atoms. The van der Waals surface area contributed by atoms with Crippen LogP contribution in [0.4, 0.5) is 11.6 Å². The third-order valence-corrected chi connectivity index (χ3v) is 5.39. The average Bonchev–Trinajstić information content (AvgIpc) is 3.26. The number of aromatic nitrogens is 1. The number of oxazole rings is 1. The van der Waals surface area contributed by atoms with Gasteiger partial charge in [-0.3, -0.25) is 14.9 Å². The summed E-state index contributed by atoms with van der Waals surface area (Å²) < 4.78 is 5.79. The molecule has 0 radical (unpaired) electrons. The first-order chi connectivity index (χ1) is 15.9. The summed E-state index contributed by atoms with van der Waals surface area (Å²) in [5.41, 5.74) is 1.26. The van der Waals surface area contributed by atoms with Crippen molar-refractivity contribution in [3.63, 3.8) is 0 Å². The third kappa shape index (κ3) is 5.02. The number of anilines is 1. The second-order valence-corrected chi connectivity index (χ2v) is 7.73. The van der Waals surface area contributed by atoms with Crippen molar-refractivity contribution in [3.8, 4) is 6.07 Å². The number of hydrogen-bond acceptors (Lipinski definition) is 7. The maximum Gasteiger partial charge on any atom is 0.270 e. The van der Waals surface area contributed by atoms with Crippen molar-refractivity contribution >= 4 is 41.2 Å². The maximum atomic E-state index is 12.7. The van der Waals surface area contributed by atoms with Crippen LogP contribution < -0.4 is 4.90 Å². The number of halogens is 1. The Bertz CT molecular complexity index is 1270. The number of nitrogens with zero attached hydrogens (tertiary/aromatic N) is 5. The molecule has 0 aliphatic carbocycles. The molecule has 1 aliphatic rings. The second kappa shape index (κ2) is 9.54. The topological polar surface area (TPSA) is 117 Å². The van der Waals surface area contributed by atoms with Crippen molar-refractivity contribution in [1.82, 2.24) is 9.88 Å². The summed E-state index contributed by atoms with van der Waals surface area (Å²) in [6.07, 6.45) is 3.19. The number of carbonyl (C=O) groups is 1. The van der Waals surface area contributed by atoms with E-state index < -0.39 is 4.92 Å². The van der Waals surface area contributed by atoms with Gasteiger partial charge in [-0.05, 0) is 29.8 Å². The molecule has 9 nitrogen and oxygen atoms in total. The molecule has 166 valence electrons. The van der Waals surface area contributed by atoms with Gasteiger partial charge in [-0.2, -0.15) is 10.2 Å². The number of piperazine rings is 1. The lowest BCUT2D eigenvalue weighted by atomic mass is 10.2. The van der Waals surface area contributed by atoms with E-state index in [0.717, 1.165) is 0 Å². The minimum atomic E-state index is -0.467. The molecule has 1 fully saturated rings. The van der Waals surface area contributed by atoms with Crippen LogP contribution in [0.25, 0.3) is 12.2 Å². The molecule has 0 saturated carbocycles. The average molecular weight is 464 g/mol. The number of nitro benzene ring substituents is 1. The van der Waals surface area contributed by atoms with Crippen LogP contribution >= 0.6 is 11.6 Å². The standard InChI is InChI=1S/C23H18ClN5O4/c24-18-5-2-4-17(14-18)22(30)27-9-11-28(12-10-27)23-20(15-25)26-21(33-23)8-7-16-3-1-6-19(13-16)29(31)32/h1-8,13-14H,9-12H2/b8-7+. The van der Waals surface area contributed by atoms with Crippen LogP contribution in [0.1, 0.15) is 27.5 Å². The first kappa shape index (κ1) is 22.0. The van der Waals surface area contributed by atoms with E-state index in [1.165, 1.54) is 12.1 Å². The molecule has 2 heterocycles. The van der Waals surface area contributed by atoms with Crippen molar-refractivity contribution in [2.75, 3.05) is 31.1 Å². The smallest absolute Gasteiger partial charge is 0.270 e. The van der Waals surface area contributed by atoms with E-state index in [1.807, 2.05) is 11.0 Å². The van der Waals surface area contributed by atoms with Crippen LogP contribution in [0.15, 0.2) is 52.9 Å². The van der Waals surface area contributed by atoms with Crippen molar-refractivity contribution in [3.05, 3.63) is 86.4 Å². The molecule has 1 amide bonds. The molecule has 0 atom stereocenters. The second-order valence-electron chi connectivity index (χ2n) is 7.29. The Morgan fingerprint density at radius 1 is 1.15 bits per heavy atom. The fourth-order valence-corrected chi connectivity index (χ4v) is 3.70. The molecule has 10 heteroatoms. The summed E-state index contributed by atoms with van der Waals surface area (Å²) in [5, 5.41) is 20.9. The highest BCUT2D eigenvalue weighted by molar-refractivity contribution is 6.30. The van der Waals surface area contributed by atoms with Gasteiger partial charge in [0.1, 0.15) is 6.07 Å². The molecular weight excluding hydrogens is 446 g/mol. The first-order valence-electron chi connectivity index (χ1n) is 10.1. The normalized spacial score (nSPS) is 13.8. The minimum Gasteiger partial charge on any atom is -0.420 e. The van der Waals surface area contributed by atoms with Gasteiger partial charge in [0.05, 0.1) is 4.92 Å². The van der Waals surface area contributed by atoms with E-state index in [9.17, 15) is 20.2 Å². The van der Waals surface area contributed by atoms with Gasteiger partial charge in [0.15, 0.2) is 0 Å². The van der Waals surface area contributed by atoms with E-state index in [-0.39, 0.29) is 23.2 Å². The molecule has 1 saturated heterocycles. The SMILES string of the molecule is N#Cc1nc(/C=C/c2cccc([N+](=O)[O-])c2)oc1N1CCN(C(=O)c2cccc(Cl)c2)CC1. The van der Waals surface area contributed by atoms with Crippen molar-refractivity contribution < 1.29 is 14.1 Å². The third-order valence-electron chi connectivity index (χ3n) is 5.16. The number of non-ortho nitro benzene ring substituents is 1. The first-order valence-corrected chi connectivity index (χ1v) is 10.5. The fraction of sp³-hybridized carbons (Fsp3) is 0.174. The van der Waals surface area contributed by atoms with Crippen LogP contribution in [0.5, 0.6) is 0 Å². The zero-order chi connectivity index (χ0) is 23.4. The number of nitro groups is 1. The van der Waals surface area contributed by atoms with E-state index >= 15 is 0 Å². The van der Waals surface area contributed by atoms with Crippen molar-refractivity contribution in [2.24, 2.45) is 0 Å². The summed E-state index contributed by atoms with van der Waals surface area (Å²) in [4.78, 5) is 31.0. The molecular formula is C23H18ClN5O4. The number of benzene rings is 2. The van der Waals surface area contributed by atoms with E-state index in [0.29, 0.717) is 48.2 Å². The Balaban J connectivity index is 1.45. The van der Waals surface area contributed by atoms with Gasteiger partial charge < -0.3 is 14.2 Å². The predicted octanol–water partition coefficient (Wildman–Crippen LogP) is 4.24. The quantitative estimate of drug-likeness (QED) is 0.410. The molecule has 0 N–H and O–H groups in total. The lowest BCUT2D eigenvalue weighted by Gasteiger charge is -2.34. The number of hydrogen-bond donors (Lipinski definition) is 0. The lowest BCUT2D eigenvalue weighted by Crippen LogP contribution is -2.48. The number of carbonyl (C=O) groups excluding carboxylic acids is 1. The molecule has 33 heavy (non-hydrogen) atoms. The highest BCUT2D eigenvalue weighted by atomic mass is 35.5. The Labute approximate surface area is 194 Å². The van der Waals surface area contributed by atoms with Gasteiger partial charge in [0.2, 0.25) is 17.5 Å². The highest BCUT2D eigenvalue weighted by Crippen LogP contribution is 2.25. The van der Waals surface area contributed by atoms with Crippen LogP contribution in [-0.4, -0.2) is 46.9 Å². The van der Waals surface area contributed by atoms with E-state index in [2.05, 4.69) is 4.98 Å². The van der Waals surface area contributed by atoms with Gasteiger partial charge in [-0.25, -0.2) is 0 Å². The monoisotopic (exact) mass is 463 g/mol. The highest BCUT2D eigenvalue weighted by Gasteiger charge is 2.26. The number of amides is 1. The molecule has 3 aromatic rings. The molecule has 1 aliphatic heterocycles. The largest absolute Gasteiger partial charge is 0.420 e. The summed E-state index contributed by atoms with van der Waals surface area (Å²) in [7, 11) is 0. The fourth-order valence-electron chi connectivity index (χ4n) is 3.51. The van der Waals surface area contributed by atoms with Crippen LogP contribution in [-0.2, 0) is 0 Å². The molecule has 4 rings (SSSR count). The van der Waals surface area contributed by atoms with Gasteiger partial charge in [0.25, 0.3) is 11.6 Å². The van der Waals surface area contributed by atoms with Gasteiger partial charge in [0, 0.05) is 55.0 Å². The Kier molecular flexibility index (Phi) is 6.38. The number of rotatable bonds is 5. The van der Waals surface area contributed by atoms with Crippen molar-refractivity contribution in [2.45, 2.75) is 0 Å². The maximum absolute atomic E-state index is 12.7. The molecule has 2 aromatic carbocycles. The van der Waals surface area contributed by atoms with Crippen LogP contribution in [0.2, 0.25) is 5.02 Å². The summed E-state index contributed by atoms with van der Waals surface area (Å²) in [6, 6.07) is 15.0. The summed E-state index contributed by atoms with van der Waals surface area (Å²) in [5.74, 6) is 0.451. The summed E-state index contributed by atoms with van der Waals surface area (Å²) >= 11 is 5.99. The predicted molar refractivity (Wildman–Crippen MR) is 123 cm³/mol. The van der Waals surface area contributed by atoms with Gasteiger partial charge in [-0.1, -0.05) is 29.8 Å². The Morgan fingerprint density at radius 2 is 1.91 bits per heavy atom. The molecule has 0 bridgehead atoms. The van der Waals surface area contributed by atoms with E-state index in [1.54, 1.807) is 53.5 Å². The van der Waals surface area contributed by atoms with Crippen LogP contribution in [0.3, 0.4) is 0 Å². The Hall–Kier alpha value is -4.16. The van der Waals surface area contributed by atoms with Crippen molar-refractivity contribution in [1.29, 1.82) is 5.26 Å². The number of nitriles is 1. The van der Waals surface area contributed by atoms with Gasteiger partial charge in [-0.15, -0.1) is 0 Å². The lowest BCUT2D eigenvalue weighted by molar-refractivity contribution is -0.384. The van der Waals surface area contributed by atoms with Crippen LogP contribution in [0, 0.1) is 21.4 Å². The minimum absolute atomic E-state index is 0.0202.